The van der Waals surface area contributed by atoms with E-state index in [0.29, 0.717) is 42.1 Å². The molecule has 1 unspecified atom stereocenters. The topological polar surface area (TPSA) is 93.8 Å². The number of fused-ring (bicyclic) bond motifs is 1. The number of rotatable bonds is 5. The maximum Gasteiger partial charge on any atom is 0.253 e. The molecule has 1 aliphatic rings. The lowest BCUT2D eigenvalue weighted by atomic mass is 10.1. The number of hydrogen-bond donors (Lipinski definition) is 3. The molecule has 1 heterocycles. The van der Waals surface area contributed by atoms with Gasteiger partial charge in [-0.05, 0) is 18.9 Å². The fourth-order valence-electron chi connectivity index (χ4n) is 1.81. The number of carbonyl (C=O) groups excluding carboxylic acids is 1. The molecular formula is C13H18N2O4. The lowest BCUT2D eigenvalue weighted by Crippen LogP contribution is -2.27. The summed E-state index contributed by atoms with van der Waals surface area (Å²) >= 11 is 0. The van der Waals surface area contributed by atoms with Crippen LogP contribution in [0.4, 0.5) is 5.69 Å². The van der Waals surface area contributed by atoms with Crippen molar-refractivity contribution >= 4 is 11.6 Å². The van der Waals surface area contributed by atoms with Gasteiger partial charge in [0.2, 0.25) is 6.79 Å². The summed E-state index contributed by atoms with van der Waals surface area (Å²) in [6, 6.07) is 3.15. The van der Waals surface area contributed by atoms with E-state index in [1.807, 2.05) is 6.92 Å². The molecule has 0 aliphatic carbocycles. The van der Waals surface area contributed by atoms with Gasteiger partial charge in [0.15, 0.2) is 11.5 Å². The van der Waals surface area contributed by atoms with Gasteiger partial charge in [-0.1, -0.05) is 6.92 Å². The lowest BCUT2D eigenvalue weighted by Gasteiger charge is -2.10. The molecule has 0 saturated carbocycles. The zero-order chi connectivity index (χ0) is 13.8. The standard InChI is InChI=1S/C13H18N2O4/c1-2-8(16)3-4-15-13(17)9-5-11-12(6-10(9)14)19-7-18-11/h5-6,8,16H,2-4,7,14H2,1H3,(H,15,17). The second kappa shape index (κ2) is 5.79. The zero-order valence-corrected chi connectivity index (χ0v) is 10.8. The Labute approximate surface area is 111 Å². The first-order valence-corrected chi connectivity index (χ1v) is 6.27. The highest BCUT2D eigenvalue weighted by atomic mass is 16.7. The molecule has 4 N–H and O–H groups in total. The van der Waals surface area contributed by atoms with Crippen LogP contribution < -0.4 is 20.5 Å². The largest absolute Gasteiger partial charge is 0.454 e. The van der Waals surface area contributed by atoms with E-state index in [2.05, 4.69) is 5.32 Å². The minimum atomic E-state index is -0.394. The highest BCUT2D eigenvalue weighted by Crippen LogP contribution is 2.35. The molecule has 0 bridgehead atoms. The number of nitrogens with two attached hydrogens (primary N) is 1. The Morgan fingerprint density at radius 2 is 2.16 bits per heavy atom. The van der Waals surface area contributed by atoms with Gasteiger partial charge in [-0.2, -0.15) is 0 Å². The summed E-state index contributed by atoms with van der Waals surface area (Å²) in [6.07, 6.45) is 0.795. The van der Waals surface area contributed by atoms with E-state index in [4.69, 9.17) is 15.2 Å². The van der Waals surface area contributed by atoms with Crippen LogP contribution in [0.2, 0.25) is 0 Å². The molecule has 1 atom stereocenters. The number of anilines is 1. The van der Waals surface area contributed by atoms with Crippen LogP contribution >= 0.6 is 0 Å². The van der Waals surface area contributed by atoms with Gasteiger partial charge in [-0.25, -0.2) is 0 Å². The summed E-state index contributed by atoms with van der Waals surface area (Å²) in [4.78, 5) is 12.0. The molecule has 0 spiro atoms. The highest BCUT2D eigenvalue weighted by molar-refractivity contribution is 6.00. The summed E-state index contributed by atoms with van der Waals surface area (Å²) in [5.74, 6) is 0.794. The number of amides is 1. The molecule has 0 saturated heterocycles. The van der Waals surface area contributed by atoms with Crippen LogP contribution in [0.3, 0.4) is 0 Å². The summed E-state index contributed by atoms with van der Waals surface area (Å²) in [5.41, 5.74) is 6.51. The third-order valence-electron chi connectivity index (χ3n) is 3.02. The van der Waals surface area contributed by atoms with E-state index < -0.39 is 6.10 Å². The summed E-state index contributed by atoms with van der Waals surface area (Å²) in [5, 5.41) is 12.1. The fourth-order valence-corrected chi connectivity index (χ4v) is 1.81. The van der Waals surface area contributed by atoms with Gasteiger partial charge < -0.3 is 25.6 Å². The molecule has 1 aliphatic heterocycles. The second-order valence-electron chi connectivity index (χ2n) is 4.40. The van der Waals surface area contributed by atoms with E-state index in [9.17, 15) is 9.90 Å². The van der Waals surface area contributed by atoms with Crippen molar-refractivity contribution in [1.82, 2.24) is 5.32 Å². The predicted molar refractivity (Wildman–Crippen MR) is 70.2 cm³/mol. The third kappa shape index (κ3) is 3.08. The number of nitrogen functional groups attached to an aromatic ring is 1. The van der Waals surface area contributed by atoms with Gasteiger partial charge in [0.1, 0.15) is 0 Å². The first kappa shape index (κ1) is 13.5. The molecule has 19 heavy (non-hydrogen) atoms. The molecule has 2 rings (SSSR count). The Bertz CT molecular complexity index is 476. The summed E-state index contributed by atoms with van der Waals surface area (Å²) in [7, 11) is 0. The zero-order valence-electron chi connectivity index (χ0n) is 10.8. The fraction of sp³-hybridized carbons (Fsp3) is 0.462. The highest BCUT2D eigenvalue weighted by Gasteiger charge is 2.19. The van der Waals surface area contributed by atoms with Gasteiger partial charge in [0, 0.05) is 18.3 Å². The molecule has 6 heteroatoms. The number of benzene rings is 1. The van der Waals surface area contributed by atoms with Crippen molar-refractivity contribution in [1.29, 1.82) is 0 Å². The van der Waals surface area contributed by atoms with Gasteiger partial charge >= 0.3 is 0 Å². The van der Waals surface area contributed by atoms with Crippen LogP contribution in [0.5, 0.6) is 11.5 Å². The SMILES string of the molecule is CCC(O)CCNC(=O)c1cc2c(cc1N)OCO2. The van der Waals surface area contributed by atoms with Crippen molar-refractivity contribution in [3.63, 3.8) is 0 Å². The van der Waals surface area contributed by atoms with Gasteiger partial charge in [0.25, 0.3) is 5.91 Å². The average molecular weight is 266 g/mol. The van der Waals surface area contributed by atoms with Crippen LogP contribution in [0.1, 0.15) is 30.1 Å². The Morgan fingerprint density at radius 1 is 1.47 bits per heavy atom. The Hall–Kier alpha value is -1.95. The predicted octanol–water partition coefficient (Wildman–Crippen LogP) is 0.888. The quantitative estimate of drug-likeness (QED) is 0.688. The van der Waals surface area contributed by atoms with Gasteiger partial charge in [-0.3, -0.25) is 4.79 Å². The van der Waals surface area contributed by atoms with Crippen molar-refractivity contribution in [3.8, 4) is 11.5 Å². The molecular weight excluding hydrogens is 248 g/mol. The Balaban J connectivity index is 1.99. The van der Waals surface area contributed by atoms with E-state index >= 15 is 0 Å². The third-order valence-corrected chi connectivity index (χ3v) is 3.02. The first-order valence-electron chi connectivity index (χ1n) is 6.27. The van der Waals surface area contributed by atoms with Crippen molar-refractivity contribution in [3.05, 3.63) is 17.7 Å². The normalized spacial score (nSPS) is 14.2. The maximum atomic E-state index is 12.0. The van der Waals surface area contributed by atoms with Crippen LogP contribution in [0.25, 0.3) is 0 Å². The Kier molecular flexibility index (Phi) is 4.11. The molecule has 6 nitrogen and oxygen atoms in total. The molecule has 1 amide bonds. The van der Waals surface area contributed by atoms with Gasteiger partial charge in [0.05, 0.1) is 11.7 Å². The van der Waals surface area contributed by atoms with Crippen LogP contribution in [-0.4, -0.2) is 30.5 Å². The van der Waals surface area contributed by atoms with Crippen molar-refractivity contribution in [2.45, 2.75) is 25.9 Å². The molecule has 104 valence electrons. The number of nitrogens with one attached hydrogen (secondary N) is 1. The van der Waals surface area contributed by atoms with Crippen molar-refractivity contribution < 1.29 is 19.4 Å². The minimum absolute atomic E-state index is 0.141. The number of hydrogen-bond acceptors (Lipinski definition) is 5. The minimum Gasteiger partial charge on any atom is -0.454 e. The van der Waals surface area contributed by atoms with E-state index in [-0.39, 0.29) is 12.7 Å². The molecule has 1 aromatic rings. The van der Waals surface area contributed by atoms with Crippen LogP contribution in [-0.2, 0) is 0 Å². The smallest absolute Gasteiger partial charge is 0.253 e. The molecule has 1 aromatic carbocycles. The van der Waals surface area contributed by atoms with E-state index in [1.54, 1.807) is 12.1 Å². The number of ether oxygens (including phenoxy) is 2. The average Bonchev–Trinajstić information content (AvgIpc) is 2.84. The summed E-state index contributed by atoms with van der Waals surface area (Å²) in [6.45, 7) is 2.44. The monoisotopic (exact) mass is 266 g/mol. The van der Waals surface area contributed by atoms with Gasteiger partial charge in [-0.15, -0.1) is 0 Å². The Morgan fingerprint density at radius 3 is 2.84 bits per heavy atom. The lowest BCUT2D eigenvalue weighted by molar-refractivity contribution is 0.0942. The molecule has 0 radical (unpaired) electrons. The summed E-state index contributed by atoms with van der Waals surface area (Å²) < 4.78 is 10.4. The van der Waals surface area contributed by atoms with E-state index in [0.717, 1.165) is 0 Å². The van der Waals surface area contributed by atoms with Crippen molar-refractivity contribution in [2.24, 2.45) is 0 Å². The number of aliphatic hydroxyl groups is 1. The number of carbonyl (C=O) groups is 1. The van der Waals surface area contributed by atoms with Crippen molar-refractivity contribution in [2.75, 3.05) is 19.1 Å². The van der Waals surface area contributed by atoms with Crippen LogP contribution in [0.15, 0.2) is 12.1 Å². The molecule has 0 fully saturated rings. The second-order valence-corrected chi connectivity index (χ2v) is 4.40. The molecule has 0 aromatic heterocycles. The number of aliphatic hydroxyl groups excluding tert-OH is 1. The first-order chi connectivity index (χ1) is 9.11. The van der Waals surface area contributed by atoms with E-state index in [1.165, 1.54) is 0 Å². The van der Waals surface area contributed by atoms with Crippen LogP contribution in [0, 0.1) is 0 Å². The maximum absolute atomic E-state index is 12.0.